The normalized spacial score (nSPS) is 19.6. The second-order valence-electron chi connectivity index (χ2n) is 4.15. The Hall–Kier alpha value is -1.50. The highest BCUT2D eigenvalue weighted by atomic mass is 35.5. The SMILES string of the molecule is Fc1ccc(Cl)cc1-c1nc(C2CNCCO2)no1. The number of hydrogen-bond donors (Lipinski definition) is 1. The molecule has 1 unspecified atom stereocenters. The third-order valence-electron chi connectivity index (χ3n) is 2.82. The van der Waals surface area contributed by atoms with Crippen molar-refractivity contribution in [1.82, 2.24) is 15.5 Å². The van der Waals surface area contributed by atoms with E-state index in [0.717, 1.165) is 6.54 Å². The van der Waals surface area contributed by atoms with Gasteiger partial charge in [0, 0.05) is 18.1 Å². The van der Waals surface area contributed by atoms with Crippen molar-refractivity contribution in [1.29, 1.82) is 0 Å². The Kier molecular flexibility index (Phi) is 3.46. The molecule has 1 aromatic carbocycles. The molecule has 100 valence electrons. The molecule has 1 N–H and O–H groups in total. The number of halogens is 2. The number of morpholine rings is 1. The highest BCUT2D eigenvalue weighted by Crippen LogP contribution is 2.26. The van der Waals surface area contributed by atoms with Crippen molar-refractivity contribution in [2.24, 2.45) is 0 Å². The van der Waals surface area contributed by atoms with Crippen LogP contribution < -0.4 is 5.32 Å². The van der Waals surface area contributed by atoms with E-state index in [0.29, 0.717) is 24.0 Å². The summed E-state index contributed by atoms with van der Waals surface area (Å²) in [5.74, 6) is 0.0491. The van der Waals surface area contributed by atoms with Gasteiger partial charge in [-0.1, -0.05) is 16.8 Å². The van der Waals surface area contributed by atoms with Crippen molar-refractivity contribution in [3.63, 3.8) is 0 Å². The first-order chi connectivity index (χ1) is 9.24. The topological polar surface area (TPSA) is 60.2 Å². The molecule has 2 aromatic rings. The van der Waals surface area contributed by atoms with Gasteiger partial charge in [-0.05, 0) is 18.2 Å². The standard InChI is InChI=1S/C12H11ClFN3O2/c13-7-1-2-9(14)8(5-7)12-16-11(17-19-12)10-6-15-3-4-18-10/h1-2,5,10,15H,3-4,6H2. The molecule has 1 fully saturated rings. The summed E-state index contributed by atoms with van der Waals surface area (Å²) < 4.78 is 24.2. The van der Waals surface area contributed by atoms with E-state index in [1.807, 2.05) is 0 Å². The van der Waals surface area contributed by atoms with Crippen LogP contribution in [-0.2, 0) is 4.74 Å². The molecule has 0 bridgehead atoms. The lowest BCUT2D eigenvalue weighted by Gasteiger charge is -2.20. The van der Waals surface area contributed by atoms with Gasteiger partial charge in [0.2, 0.25) is 5.82 Å². The van der Waals surface area contributed by atoms with Crippen LogP contribution in [0.3, 0.4) is 0 Å². The molecule has 1 aromatic heterocycles. The lowest BCUT2D eigenvalue weighted by atomic mass is 10.2. The van der Waals surface area contributed by atoms with Crippen molar-refractivity contribution in [2.75, 3.05) is 19.7 Å². The Morgan fingerprint density at radius 3 is 3.11 bits per heavy atom. The summed E-state index contributed by atoms with van der Waals surface area (Å²) in [6, 6.07) is 4.18. The summed E-state index contributed by atoms with van der Waals surface area (Å²) in [6.45, 7) is 1.99. The molecule has 1 saturated heterocycles. The Balaban J connectivity index is 1.89. The minimum atomic E-state index is -0.456. The molecule has 0 amide bonds. The van der Waals surface area contributed by atoms with Crippen LogP contribution in [0.15, 0.2) is 22.7 Å². The maximum Gasteiger partial charge on any atom is 0.261 e. The zero-order valence-electron chi connectivity index (χ0n) is 9.90. The summed E-state index contributed by atoms with van der Waals surface area (Å²) in [4.78, 5) is 4.16. The van der Waals surface area contributed by atoms with E-state index in [-0.39, 0.29) is 17.6 Å². The van der Waals surface area contributed by atoms with Gasteiger partial charge in [-0.2, -0.15) is 4.98 Å². The highest BCUT2D eigenvalue weighted by molar-refractivity contribution is 6.30. The Bertz CT molecular complexity index is 584. The minimum Gasteiger partial charge on any atom is -0.367 e. The van der Waals surface area contributed by atoms with Gasteiger partial charge < -0.3 is 14.6 Å². The molecular formula is C12H11ClFN3O2. The van der Waals surface area contributed by atoms with Crippen LogP contribution in [0, 0.1) is 5.82 Å². The summed E-state index contributed by atoms with van der Waals surface area (Å²) in [5, 5.41) is 7.40. The molecule has 1 aliphatic rings. The number of benzene rings is 1. The Morgan fingerprint density at radius 2 is 2.32 bits per heavy atom. The third-order valence-corrected chi connectivity index (χ3v) is 3.05. The van der Waals surface area contributed by atoms with E-state index >= 15 is 0 Å². The van der Waals surface area contributed by atoms with Crippen molar-refractivity contribution >= 4 is 11.6 Å². The fourth-order valence-corrected chi connectivity index (χ4v) is 2.04. The number of aromatic nitrogens is 2. The van der Waals surface area contributed by atoms with Gasteiger partial charge in [0.15, 0.2) is 0 Å². The lowest BCUT2D eigenvalue weighted by molar-refractivity contribution is 0.0208. The smallest absolute Gasteiger partial charge is 0.261 e. The molecule has 2 heterocycles. The lowest BCUT2D eigenvalue weighted by Crippen LogP contribution is -2.33. The molecular weight excluding hydrogens is 273 g/mol. The van der Waals surface area contributed by atoms with Crippen LogP contribution in [0.5, 0.6) is 0 Å². The van der Waals surface area contributed by atoms with Crippen LogP contribution >= 0.6 is 11.6 Å². The Morgan fingerprint density at radius 1 is 1.42 bits per heavy atom. The fourth-order valence-electron chi connectivity index (χ4n) is 1.87. The first kappa shape index (κ1) is 12.5. The van der Waals surface area contributed by atoms with Gasteiger partial charge in [-0.3, -0.25) is 0 Å². The van der Waals surface area contributed by atoms with Gasteiger partial charge in [-0.15, -0.1) is 0 Å². The van der Waals surface area contributed by atoms with E-state index in [2.05, 4.69) is 15.5 Å². The number of hydrogen-bond acceptors (Lipinski definition) is 5. The maximum atomic E-state index is 13.7. The number of nitrogens with zero attached hydrogens (tertiary/aromatic N) is 2. The third kappa shape index (κ3) is 2.60. The van der Waals surface area contributed by atoms with Gasteiger partial charge in [0.1, 0.15) is 11.9 Å². The van der Waals surface area contributed by atoms with Gasteiger partial charge in [0.05, 0.1) is 12.2 Å². The fraction of sp³-hybridized carbons (Fsp3) is 0.333. The van der Waals surface area contributed by atoms with Crippen LogP contribution in [-0.4, -0.2) is 29.8 Å². The van der Waals surface area contributed by atoms with Crippen LogP contribution in [0.4, 0.5) is 4.39 Å². The maximum absolute atomic E-state index is 13.7. The molecule has 1 aliphatic heterocycles. The van der Waals surface area contributed by atoms with Crippen molar-refractivity contribution in [3.8, 4) is 11.5 Å². The van der Waals surface area contributed by atoms with Gasteiger partial charge >= 0.3 is 0 Å². The number of ether oxygens (including phenoxy) is 1. The predicted molar refractivity (Wildman–Crippen MR) is 66.3 cm³/mol. The molecule has 5 nitrogen and oxygen atoms in total. The first-order valence-electron chi connectivity index (χ1n) is 5.85. The number of rotatable bonds is 2. The summed E-state index contributed by atoms with van der Waals surface area (Å²) in [7, 11) is 0. The van der Waals surface area contributed by atoms with Crippen LogP contribution in [0.25, 0.3) is 11.5 Å². The second-order valence-corrected chi connectivity index (χ2v) is 4.58. The predicted octanol–water partition coefficient (Wildman–Crippen LogP) is 2.19. The summed E-state index contributed by atoms with van der Waals surface area (Å²) in [5.41, 5.74) is 0.190. The highest BCUT2D eigenvalue weighted by Gasteiger charge is 2.23. The molecule has 0 aliphatic carbocycles. The summed E-state index contributed by atoms with van der Waals surface area (Å²) in [6.07, 6.45) is -0.270. The number of nitrogens with one attached hydrogen (secondary N) is 1. The molecule has 7 heteroatoms. The molecule has 3 rings (SSSR count). The van der Waals surface area contributed by atoms with Gasteiger partial charge in [-0.25, -0.2) is 4.39 Å². The van der Waals surface area contributed by atoms with E-state index in [4.69, 9.17) is 20.9 Å². The van der Waals surface area contributed by atoms with Crippen molar-refractivity contribution in [2.45, 2.75) is 6.10 Å². The van der Waals surface area contributed by atoms with Crippen molar-refractivity contribution < 1.29 is 13.7 Å². The van der Waals surface area contributed by atoms with E-state index in [1.165, 1.54) is 18.2 Å². The summed E-state index contributed by atoms with van der Waals surface area (Å²) >= 11 is 5.83. The molecule has 1 atom stereocenters. The van der Waals surface area contributed by atoms with Crippen LogP contribution in [0.1, 0.15) is 11.9 Å². The zero-order valence-corrected chi connectivity index (χ0v) is 10.7. The monoisotopic (exact) mass is 283 g/mol. The average Bonchev–Trinajstić information content (AvgIpc) is 2.92. The minimum absolute atomic E-state index is 0.101. The average molecular weight is 284 g/mol. The van der Waals surface area contributed by atoms with Crippen molar-refractivity contribution in [3.05, 3.63) is 34.9 Å². The van der Waals surface area contributed by atoms with Crippen LogP contribution in [0.2, 0.25) is 5.02 Å². The van der Waals surface area contributed by atoms with E-state index in [1.54, 1.807) is 0 Å². The second kappa shape index (κ2) is 5.24. The van der Waals surface area contributed by atoms with Gasteiger partial charge in [0.25, 0.3) is 5.89 Å². The molecule has 0 spiro atoms. The molecule has 19 heavy (non-hydrogen) atoms. The Labute approximate surface area is 113 Å². The molecule has 0 saturated carbocycles. The zero-order chi connectivity index (χ0) is 13.2. The van der Waals surface area contributed by atoms with E-state index < -0.39 is 5.82 Å². The molecule has 0 radical (unpaired) electrons. The largest absolute Gasteiger partial charge is 0.367 e. The first-order valence-corrected chi connectivity index (χ1v) is 6.23. The quantitative estimate of drug-likeness (QED) is 0.915. The van der Waals surface area contributed by atoms with E-state index in [9.17, 15) is 4.39 Å².